The molecular formula is C19H24ClN3O. The van der Waals surface area contributed by atoms with E-state index < -0.39 is 0 Å². The zero-order valence-corrected chi connectivity index (χ0v) is 15.1. The number of aryl methyl sites for hydroxylation is 2. The largest absolute Gasteiger partial charge is 0.346 e. The summed E-state index contributed by atoms with van der Waals surface area (Å²) in [6.45, 7) is 6.81. The van der Waals surface area contributed by atoms with Crippen LogP contribution in [-0.2, 0) is 13.0 Å². The topological polar surface area (TPSA) is 49.0 Å². The van der Waals surface area contributed by atoms with Crippen LogP contribution in [-0.4, -0.2) is 33.7 Å². The van der Waals surface area contributed by atoms with E-state index in [1.54, 1.807) is 12.1 Å². The molecule has 1 atom stereocenters. The van der Waals surface area contributed by atoms with E-state index in [0.717, 1.165) is 61.7 Å². The number of benzene rings is 1. The van der Waals surface area contributed by atoms with E-state index in [4.69, 9.17) is 11.6 Å². The van der Waals surface area contributed by atoms with Crippen molar-refractivity contribution in [1.29, 1.82) is 0 Å². The van der Waals surface area contributed by atoms with Gasteiger partial charge in [-0.05, 0) is 50.6 Å². The van der Waals surface area contributed by atoms with Crippen molar-refractivity contribution in [2.24, 2.45) is 5.92 Å². The van der Waals surface area contributed by atoms with E-state index in [1.807, 2.05) is 12.1 Å². The Morgan fingerprint density at radius 3 is 2.79 bits per heavy atom. The highest BCUT2D eigenvalue weighted by molar-refractivity contribution is 6.30. The summed E-state index contributed by atoms with van der Waals surface area (Å²) in [5.41, 5.74) is 3.00. The fraction of sp³-hybridized carbons (Fsp3) is 0.474. The van der Waals surface area contributed by atoms with E-state index in [9.17, 15) is 4.79 Å². The lowest BCUT2D eigenvalue weighted by atomic mass is 9.90. The van der Waals surface area contributed by atoms with Gasteiger partial charge in [-0.2, -0.15) is 0 Å². The van der Waals surface area contributed by atoms with E-state index >= 15 is 0 Å². The lowest BCUT2D eigenvalue weighted by molar-refractivity contribution is 0.0810. The summed E-state index contributed by atoms with van der Waals surface area (Å²) in [5.74, 6) is 1.32. The van der Waals surface area contributed by atoms with Crippen LogP contribution in [0.1, 0.15) is 47.3 Å². The van der Waals surface area contributed by atoms with Gasteiger partial charge in [0.2, 0.25) is 0 Å². The second-order valence-corrected chi connectivity index (χ2v) is 6.99. The standard InChI is InChI=1S/C19H24ClN3O/c1-3-18-21-13(2)17(22-18)12-23-10-4-5-15(11-23)19(24)14-6-8-16(20)9-7-14/h6-9,15H,3-5,10-12H2,1-2H3,(H,21,22)/t15-/m0/s1. The number of rotatable bonds is 5. The van der Waals surface area contributed by atoms with Crippen LogP contribution in [0.3, 0.4) is 0 Å². The molecule has 1 fully saturated rings. The van der Waals surface area contributed by atoms with Gasteiger partial charge in [-0.3, -0.25) is 9.69 Å². The second-order valence-electron chi connectivity index (χ2n) is 6.55. The molecule has 1 N–H and O–H groups in total. The van der Waals surface area contributed by atoms with Crippen LogP contribution in [0.25, 0.3) is 0 Å². The highest BCUT2D eigenvalue weighted by Crippen LogP contribution is 2.23. The monoisotopic (exact) mass is 345 g/mol. The van der Waals surface area contributed by atoms with Crippen molar-refractivity contribution in [2.45, 2.75) is 39.7 Å². The maximum Gasteiger partial charge on any atom is 0.167 e. The van der Waals surface area contributed by atoms with Crippen molar-refractivity contribution >= 4 is 17.4 Å². The molecule has 1 aromatic carbocycles. The molecule has 3 rings (SSSR count). The predicted molar refractivity (Wildman–Crippen MR) is 96.5 cm³/mol. The molecule has 2 aromatic rings. The van der Waals surface area contributed by atoms with E-state index in [-0.39, 0.29) is 11.7 Å². The van der Waals surface area contributed by atoms with Gasteiger partial charge in [-0.15, -0.1) is 0 Å². The molecule has 0 unspecified atom stereocenters. The van der Waals surface area contributed by atoms with Gasteiger partial charge >= 0.3 is 0 Å². The smallest absolute Gasteiger partial charge is 0.167 e. The quantitative estimate of drug-likeness (QED) is 0.832. The average Bonchev–Trinajstić information content (AvgIpc) is 2.95. The van der Waals surface area contributed by atoms with Gasteiger partial charge in [-0.1, -0.05) is 18.5 Å². The first-order chi connectivity index (χ1) is 11.6. The Morgan fingerprint density at radius 1 is 1.38 bits per heavy atom. The number of hydrogen-bond acceptors (Lipinski definition) is 3. The average molecular weight is 346 g/mol. The molecule has 0 radical (unpaired) electrons. The van der Waals surface area contributed by atoms with Crippen LogP contribution in [0.5, 0.6) is 0 Å². The number of hydrogen-bond donors (Lipinski definition) is 1. The van der Waals surface area contributed by atoms with Crippen LogP contribution in [0, 0.1) is 12.8 Å². The molecule has 2 heterocycles. The highest BCUT2D eigenvalue weighted by Gasteiger charge is 2.27. The number of Topliss-reactive ketones (excluding diaryl/α,β-unsaturated/α-hetero) is 1. The molecule has 0 aliphatic carbocycles. The summed E-state index contributed by atoms with van der Waals surface area (Å²) in [5, 5.41) is 0.664. The Kier molecular flexibility index (Phi) is 5.36. The fourth-order valence-corrected chi connectivity index (χ4v) is 3.49. The molecule has 0 saturated carbocycles. The Bertz CT molecular complexity index is 708. The van der Waals surface area contributed by atoms with Crippen molar-refractivity contribution in [1.82, 2.24) is 14.9 Å². The van der Waals surface area contributed by atoms with E-state index in [1.165, 1.54) is 0 Å². The summed E-state index contributed by atoms with van der Waals surface area (Å²) < 4.78 is 0. The SMILES string of the molecule is CCc1nc(CN2CCC[C@H](C(=O)c3ccc(Cl)cc3)C2)c(C)[nH]1. The normalized spacial score (nSPS) is 18.7. The second kappa shape index (κ2) is 7.49. The Hall–Kier alpha value is -1.65. The first kappa shape index (κ1) is 17.2. The summed E-state index contributed by atoms with van der Waals surface area (Å²) >= 11 is 5.91. The number of halogens is 1. The number of ketones is 1. The van der Waals surface area contributed by atoms with Gasteiger partial charge in [-0.25, -0.2) is 4.98 Å². The summed E-state index contributed by atoms with van der Waals surface area (Å²) in [4.78, 5) is 23.1. The minimum atomic E-state index is 0.0600. The number of carbonyl (C=O) groups is 1. The number of aromatic amines is 1. The van der Waals surface area contributed by atoms with Crippen molar-refractivity contribution < 1.29 is 4.79 Å². The number of imidazole rings is 1. The number of nitrogens with zero attached hydrogens (tertiary/aromatic N) is 2. The maximum atomic E-state index is 12.7. The van der Waals surface area contributed by atoms with Crippen LogP contribution in [0.15, 0.2) is 24.3 Å². The van der Waals surface area contributed by atoms with Gasteiger partial charge in [0.15, 0.2) is 5.78 Å². The molecule has 0 spiro atoms. The predicted octanol–water partition coefficient (Wildman–Crippen LogP) is 4.03. The molecule has 5 heteroatoms. The van der Waals surface area contributed by atoms with Crippen molar-refractivity contribution in [3.05, 3.63) is 52.1 Å². The van der Waals surface area contributed by atoms with Crippen molar-refractivity contribution in [3.8, 4) is 0 Å². The van der Waals surface area contributed by atoms with Crippen LogP contribution < -0.4 is 0 Å². The van der Waals surface area contributed by atoms with Gasteiger partial charge < -0.3 is 4.98 Å². The van der Waals surface area contributed by atoms with E-state index in [2.05, 4.69) is 28.7 Å². The van der Waals surface area contributed by atoms with Gasteiger partial charge in [0.25, 0.3) is 0 Å². The Morgan fingerprint density at radius 2 is 2.12 bits per heavy atom. The van der Waals surface area contributed by atoms with E-state index in [0.29, 0.717) is 5.02 Å². The number of likely N-dealkylation sites (tertiary alicyclic amines) is 1. The third kappa shape index (κ3) is 3.87. The minimum absolute atomic E-state index is 0.0600. The zero-order valence-electron chi connectivity index (χ0n) is 14.3. The van der Waals surface area contributed by atoms with Gasteiger partial charge in [0.1, 0.15) is 5.82 Å². The molecule has 0 bridgehead atoms. The summed E-state index contributed by atoms with van der Waals surface area (Å²) in [7, 11) is 0. The van der Waals surface area contributed by atoms with Crippen LogP contribution >= 0.6 is 11.6 Å². The molecule has 0 amide bonds. The number of carbonyl (C=O) groups excluding carboxylic acids is 1. The number of nitrogens with one attached hydrogen (secondary N) is 1. The minimum Gasteiger partial charge on any atom is -0.346 e. The maximum absolute atomic E-state index is 12.7. The molecule has 24 heavy (non-hydrogen) atoms. The molecule has 1 aromatic heterocycles. The first-order valence-electron chi connectivity index (χ1n) is 8.63. The van der Waals surface area contributed by atoms with Crippen molar-refractivity contribution in [2.75, 3.05) is 13.1 Å². The van der Waals surface area contributed by atoms with Gasteiger partial charge in [0.05, 0.1) is 5.69 Å². The first-order valence-corrected chi connectivity index (χ1v) is 9.01. The van der Waals surface area contributed by atoms with Crippen LogP contribution in [0.2, 0.25) is 5.02 Å². The number of piperidine rings is 1. The Labute approximate surface area is 148 Å². The third-order valence-corrected chi connectivity index (χ3v) is 5.00. The zero-order chi connectivity index (χ0) is 17.1. The molecule has 4 nitrogen and oxygen atoms in total. The number of aromatic nitrogens is 2. The van der Waals surface area contributed by atoms with Crippen molar-refractivity contribution in [3.63, 3.8) is 0 Å². The highest BCUT2D eigenvalue weighted by atomic mass is 35.5. The fourth-order valence-electron chi connectivity index (χ4n) is 3.36. The Balaban J connectivity index is 1.66. The lowest BCUT2D eigenvalue weighted by Gasteiger charge is -2.31. The number of H-pyrrole nitrogens is 1. The van der Waals surface area contributed by atoms with Crippen LogP contribution in [0.4, 0.5) is 0 Å². The van der Waals surface area contributed by atoms with Gasteiger partial charge in [0, 0.05) is 41.7 Å². The molecule has 128 valence electrons. The third-order valence-electron chi connectivity index (χ3n) is 4.75. The molecule has 1 aliphatic heterocycles. The summed E-state index contributed by atoms with van der Waals surface area (Å²) in [6.07, 6.45) is 2.92. The lowest BCUT2D eigenvalue weighted by Crippen LogP contribution is -2.38. The summed E-state index contributed by atoms with van der Waals surface area (Å²) in [6, 6.07) is 7.23. The molecular weight excluding hydrogens is 322 g/mol. The molecule has 1 aliphatic rings. The molecule has 1 saturated heterocycles.